The Balaban J connectivity index is 1.80. The highest BCUT2D eigenvalue weighted by Crippen LogP contribution is 2.25. The van der Waals surface area contributed by atoms with E-state index >= 15 is 0 Å². The predicted octanol–water partition coefficient (Wildman–Crippen LogP) is 3.76. The molecule has 1 amide bonds. The van der Waals surface area contributed by atoms with Crippen LogP contribution in [0.25, 0.3) is 0 Å². The average Bonchev–Trinajstić information content (AvgIpc) is 2.91. The van der Waals surface area contributed by atoms with E-state index in [9.17, 15) is 4.79 Å². The minimum atomic E-state index is -0.309. The molecule has 1 fully saturated rings. The van der Waals surface area contributed by atoms with Crippen molar-refractivity contribution in [3.63, 3.8) is 0 Å². The van der Waals surface area contributed by atoms with Crippen LogP contribution in [0.2, 0.25) is 0 Å². The van der Waals surface area contributed by atoms with Gasteiger partial charge in [0.2, 0.25) is 5.91 Å². The van der Waals surface area contributed by atoms with Crippen LogP contribution >= 0.6 is 0 Å². The number of carbonyl (C=O) groups excluding carboxylic acids is 1. The van der Waals surface area contributed by atoms with Crippen molar-refractivity contribution in [1.29, 1.82) is 0 Å². The van der Waals surface area contributed by atoms with E-state index < -0.39 is 0 Å². The van der Waals surface area contributed by atoms with E-state index in [2.05, 4.69) is 5.32 Å². The molecule has 1 saturated carbocycles. The summed E-state index contributed by atoms with van der Waals surface area (Å²) in [6, 6.07) is 7.52. The molecule has 1 aliphatic carbocycles. The molecule has 21 heavy (non-hydrogen) atoms. The summed E-state index contributed by atoms with van der Waals surface area (Å²) >= 11 is 0. The van der Waals surface area contributed by atoms with Crippen molar-refractivity contribution in [3.8, 4) is 5.75 Å². The zero-order valence-corrected chi connectivity index (χ0v) is 13.1. The summed E-state index contributed by atoms with van der Waals surface area (Å²) < 4.78 is 11.3. The molecular weight excluding hydrogens is 266 g/mol. The van der Waals surface area contributed by atoms with Gasteiger partial charge in [-0.25, -0.2) is 0 Å². The van der Waals surface area contributed by atoms with E-state index in [1.807, 2.05) is 45.0 Å². The minimum absolute atomic E-state index is 0.0594. The summed E-state index contributed by atoms with van der Waals surface area (Å²) in [5.41, 5.74) is 0.451. The normalized spacial score (nSPS) is 16.0. The van der Waals surface area contributed by atoms with Gasteiger partial charge in [0.25, 0.3) is 0 Å². The molecular formula is C17H25NO3. The molecule has 1 N–H and O–H groups in total. The molecule has 2 rings (SSSR count). The average molecular weight is 291 g/mol. The quantitative estimate of drug-likeness (QED) is 0.898. The van der Waals surface area contributed by atoms with Gasteiger partial charge >= 0.3 is 0 Å². The summed E-state index contributed by atoms with van der Waals surface area (Å²) in [6.45, 7) is 5.84. The number of hydrogen-bond acceptors (Lipinski definition) is 3. The fraction of sp³-hybridized carbons (Fsp3) is 0.588. The maximum absolute atomic E-state index is 11.8. The van der Waals surface area contributed by atoms with E-state index in [-0.39, 0.29) is 18.1 Å². The first kappa shape index (κ1) is 15.8. The lowest BCUT2D eigenvalue weighted by Gasteiger charge is -2.19. The van der Waals surface area contributed by atoms with Gasteiger partial charge in [0, 0.05) is 5.69 Å². The largest absolute Gasteiger partial charge is 0.490 e. The minimum Gasteiger partial charge on any atom is -0.490 e. The SMILES string of the molecule is CC(C)(C)OCC(=O)Nc1ccc(OC2CCCC2)cc1. The molecule has 0 atom stereocenters. The van der Waals surface area contributed by atoms with E-state index in [0.717, 1.165) is 24.3 Å². The molecule has 0 radical (unpaired) electrons. The van der Waals surface area contributed by atoms with Crippen LogP contribution in [0.5, 0.6) is 5.75 Å². The fourth-order valence-corrected chi connectivity index (χ4v) is 2.29. The van der Waals surface area contributed by atoms with Crippen molar-refractivity contribution in [2.45, 2.75) is 58.2 Å². The van der Waals surface area contributed by atoms with Gasteiger partial charge in [-0.3, -0.25) is 4.79 Å². The van der Waals surface area contributed by atoms with E-state index in [1.54, 1.807) is 0 Å². The van der Waals surface area contributed by atoms with Gasteiger partial charge in [0.15, 0.2) is 0 Å². The topological polar surface area (TPSA) is 47.6 Å². The fourth-order valence-electron chi connectivity index (χ4n) is 2.29. The lowest BCUT2D eigenvalue weighted by atomic mass is 10.2. The number of benzene rings is 1. The smallest absolute Gasteiger partial charge is 0.250 e. The number of hydrogen-bond donors (Lipinski definition) is 1. The van der Waals surface area contributed by atoms with Crippen LogP contribution in [-0.4, -0.2) is 24.2 Å². The summed E-state index contributed by atoms with van der Waals surface area (Å²) in [5, 5.41) is 2.82. The number of ether oxygens (including phenoxy) is 2. The Morgan fingerprint density at radius 3 is 2.38 bits per heavy atom. The number of carbonyl (C=O) groups is 1. The van der Waals surface area contributed by atoms with Crippen LogP contribution in [0, 0.1) is 0 Å². The van der Waals surface area contributed by atoms with Crippen molar-refractivity contribution >= 4 is 11.6 Å². The van der Waals surface area contributed by atoms with Gasteiger partial charge in [0.05, 0.1) is 11.7 Å². The van der Waals surface area contributed by atoms with Gasteiger partial charge in [-0.15, -0.1) is 0 Å². The van der Waals surface area contributed by atoms with Crippen LogP contribution in [0.1, 0.15) is 46.5 Å². The summed E-state index contributed by atoms with van der Waals surface area (Å²) in [4.78, 5) is 11.8. The lowest BCUT2D eigenvalue weighted by molar-refractivity contribution is -0.125. The van der Waals surface area contributed by atoms with Crippen molar-refractivity contribution in [3.05, 3.63) is 24.3 Å². The summed E-state index contributed by atoms with van der Waals surface area (Å²) in [5.74, 6) is 0.722. The van der Waals surface area contributed by atoms with Gasteiger partial charge < -0.3 is 14.8 Å². The second-order valence-electron chi connectivity index (χ2n) is 6.50. The highest BCUT2D eigenvalue weighted by atomic mass is 16.5. The van der Waals surface area contributed by atoms with Gasteiger partial charge in [-0.1, -0.05) is 0 Å². The first-order valence-corrected chi connectivity index (χ1v) is 7.63. The third kappa shape index (κ3) is 5.76. The molecule has 0 bridgehead atoms. The second kappa shape index (κ2) is 6.94. The zero-order valence-electron chi connectivity index (χ0n) is 13.1. The Kier molecular flexibility index (Phi) is 5.23. The molecule has 1 aliphatic rings. The lowest BCUT2D eigenvalue weighted by Crippen LogP contribution is -2.27. The molecule has 4 heteroatoms. The first-order valence-electron chi connectivity index (χ1n) is 7.63. The van der Waals surface area contributed by atoms with Gasteiger partial charge in [-0.2, -0.15) is 0 Å². The predicted molar refractivity (Wildman–Crippen MR) is 83.7 cm³/mol. The molecule has 0 aromatic heterocycles. The van der Waals surface area contributed by atoms with E-state index in [4.69, 9.17) is 9.47 Å². The standard InChI is InChI=1S/C17H25NO3/c1-17(2,3)20-12-16(19)18-13-8-10-15(11-9-13)21-14-6-4-5-7-14/h8-11,14H,4-7,12H2,1-3H3,(H,18,19). The Morgan fingerprint density at radius 2 is 1.81 bits per heavy atom. The Labute approximate surface area is 126 Å². The molecule has 0 saturated heterocycles. The highest BCUT2D eigenvalue weighted by Gasteiger charge is 2.16. The number of nitrogens with one attached hydrogen (secondary N) is 1. The summed E-state index contributed by atoms with van der Waals surface area (Å²) in [7, 11) is 0. The zero-order chi connectivity index (χ0) is 15.3. The van der Waals surface area contributed by atoms with Crippen molar-refractivity contribution in [2.75, 3.05) is 11.9 Å². The molecule has 0 unspecified atom stereocenters. The number of rotatable bonds is 5. The van der Waals surface area contributed by atoms with Crippen molar-refractivity contribution in [1.82, 2.24) is 0 Å². The third-order valence-electron chi connectivity index (χ3n) is 3.38. The van der Waals surface area contributed by atoms with Gasteiger partial charge in [0.1, 0.15) is 12.4 Å². The number of amides is 1. The van der Waals surface area contributed by atoms with Crippen LogP contribution in [0.3, 0.4) is 0 Å². The van der Waals surface area contributed by atoms with Crippen molar-refractivity contribution in [2.24, 2.45) is 0 Å². The first-order chi connectivity index (χ1) is 9.92. The summed E-state index contributed by atoms with van der Waals surface area (Å²) in [6.07, 6.45) is 5.15. The van der Waals surface area contributed by atoms with Crippen molar-refractivity contribution < 1.29 is 14.3 Å². The molecule has 1 aromatic rings. The molecule has 0 spiro atoms. The maximum Gasteiger partial charge on any atom is 0.250 e. The molecule has 1 aromatic carbocycles. The second-order valence-corrected chi connectivity index (χ2v) is 6.50. The highest BCUT2D eigenvalue weighted by molar-refractivity contribution is 5.91. The Morgan fingerprint density at radius 1 is 1.19 bits per heavy atom. The molecule has 0 aliphatic heterocycles. The van der Waals surface area contributed by atoms with Gasteiger partial charge in [-0.05, 0) is 70.7 Å². The van der Waals surface area contributed by atoms with E-state index in [0.29, 0.717) is 6.10 Å². The third-order valence-corrected chi connectivity index (χ3v) is 3.38. The molecule has 0 heterocycles. The van der Waals surface area contributed by atoms with Crippen LogP contribution in [-0.2, 0) is 9.53 Å². The van der Waals surface area contributed by atoms with E-state index in [1.165, 1.54) is 12.8 Å². The molecule has 116 valence electrons. The Hall–Kier alpha value is -1.55. The Bertz CT molecular complexity index is 456. The van der Waals surface area contributed by atoms with Crippen LogP contribution in [0.15, 0.2) is 24.3 Å². The molecule has 4 nitrogen and oxygen atoms in total. The maximum atomic E-state index is 11.8. The number of anilines is 1. The van der Waals surface area contributed by atoms with Crippen LogP contribution < -0.4 is 10.1 Å². The van der Waals surface area contributed by atoms with Crippen LogP contribution in [0.4, 0.5) is 5.69 Å². The monoisotopic (exact) mass is 291 g/mol.